The summed E-state index contributed by atoms with van der Waals surface area (Å²) < 4.78 is 2.51. The maximum atomic E-state index is 4.84. The molecule has 1 aliphatic rings. The van der Waals surface area contributed by atoms with Gasteiger partial charge in [0.15, 0.2) is 0 Å². The number of aryl methyl sites for hydroxylation is 1. The van der Waals surface area contributed by atoms with Crippen LogP contribution in [0.2, 0.25) is 0 Å². The lowest BCUT2D eigenvalue weighted by molar-refractivity contribution is 0.188. The third-order valence-corrected chi connectivity index (χ3v) is 5.37. The average molecular weight is 334 g/mol. The van der Waals surface area contributed by atoms with Crippen molar-refractivity contribution in [3.05, 3.63) is 60.2 Å². The third kappa shape index (κ3) is 3.45. The number of likely N-dealkylation sites (tertiary alicyclic amines) is 1. The van der Waals surface area contributed by atoms with Crippen LogP contribution in [0.25, 0.3) is 11.0 Å². The Hall–Kier alpha value is -2.20. The highest BCUT2D eigenvalue weighted by molar-refractivity contribution is 5.76. The molecule has 0 amide bonds. The maximum Gasteiger partial charge on any atom is 0.109 e. The van der Waals surface area contributed by atoms with Crippen molar-refractivity contribution in [3.63, 3.8) is 0 Å². The Morgan fingerprint density at radius 2 is 1.80 bits per heavy atom. The monoisotopic (exact) mass is 334 g/mol. The van der Waals surface area contributed by atoms with Gasteiger partial charge in [0.05, 0.1) is 11.0 Å². The summed E-state index contributed by atoms with van der Waals surface area (Å²) in [5.41, 5.74) is 3.82. The van der Waals surface area contributed by atoms with Crippen LogP contribution in [0.5, 0.6) is 0 Å². The summed E-state index contributed by atoms with van der Waals surface area (Å²) in [5, 5.41) is 0. The normalized spacial score (nSPS) is 16.5. The number of fused-ring (bicyclic) bond motifs is 1. The first-order valence-corrected chi connectivity index (χ1v) is 9.42. The van der Waals surface area contributed by atoms with Crippen molar-refractivity contribution < 1.29 is 0 Å². The molecule has 1 aromatic carbocycles. The van der Waals surface area contributed by atoms with Gasteiger partial charge in [-0.15, -0.1) is 0 Å². The van der Waals surface area contributed by atoms with Gasteiger partial charge in [0.25, 0.3) is 0 Å². The van der Waals surface area contributed by atoms with Crippen LogP contribution in [-0.2, 0) is 12.8 Å². The number of piperidine rings is 1. The summed E-state index contributed by atoms with van der Waals surface area (Å²) in [6, 6.07) is 13.4. The van der Waals surface area contributed by atoms with Crippen molar-refractivity contribution in [1.29, 1.82) is 0 Å². The van der Waals surface area contributed by atoms with Crippen LogP contribution in [0.3, 0.4) is 0 Å². The zero-order valence-corrected chi connectivity index (χ0v) is 14.9. The Morgan fingerprint density at radius 1 is 1.04 bits per heavy atom. The molecule has 0 unspecified atom stereocenters. The number of benzene rings is 1. The minimum absolute atomic E-state index is 0.583. The number of para-hydroxylation sites is 2. The van der Waals surface area contributed by atoms with E-state index in [1.165, 1.54) is 42.8 Å². The van der Waals surface area contributed by atoms with E-state index < -0.39 is 0 Å². The van der Waals surface area contributed by atoms with Crippen LogP contribution in [0.1, 0.15) is 37.2 Å². The van der Waals surface area contributed by atoms with Crippen LogP contribution in [0, 0.1) is 0 Å². The van der Waals surface area contributed by atoms with Crippen molar-refractivity contribution in [2.45, 2.75) is 38.6 Å². The summed E-state index contributed by atoms with van der Waals surface area (Å²) in [6.45, 7) is 5.69. The molecule has 25 heavy (non-hydrogen) atoms. The first-order chi connectivity index (χ1) is 12.3. The van der Waals surface area contributed by atoms with E-state index in [-0.39, 0.29) is 0 Å². The molecule has 0 atom stereocenters. The molecule has 0 spiro atoms. The van der Waals surface area contributed by atoms with Crippen LogP contribution in [0.4, 0.5) is 0 Å². The van der Waals surface area contributed by atoms with Gasteiger partial charge < -0.3 is 9.47 Å². The molecule has 1 saturated heterocycles. The van der Waals surface area contributed by atoms with Crippen molar-refractivity contribution in [1.82, 2.24) is 19.4 Å². The summed E-state index contributed by atoms with van der Waals surface area (Å²) in [5.74, 6) is 1.23. The lowest BCUT2D eigenvalue weighted by Gasteiger charge is -2.33. The molecule has 4 rings (SSSR count). The van der Waals surface area contributed by atoms with E-state index in [2.05, 4.69) is 57.8 Å². The molecule has 0 radical (unpaired) electrons. The SMILES string of the molecule is CCc1nc2ccccc2n1C1CCN(CCc2ccncc2)CC1. The molecule has 0 aliphatic carbocycles. The zero-order chi connectivity index (χ0) is 17.1. The predicted molar refractivity (Wildman–Crippen MR) is 102 cm³/mol. The molecular weight excluding hydrogens is 308 g/mol. The maximum absolute atomic E-state index is 4.84. The smallest absolute Gasteiger partial charge is 0.109 e. The van der Waals surface area contributed by atoms with E-state index in [0.29, 0.717) is 6.04 Å². The van der Waals surface area contributed by atoms with Crippen LogP contribution < -0.4 is 0 Å². The Bertz CT molecular complexity index is 816. The fraction of sp³-hybridized carbons (Fsp3) is 0.429. The lowest BCUT2D eigenvalue weighted by atomic mass is 10.0. The van der Waals surface area contributed by atoms with E-state index in [9.17, 15) is 0 Å². The van der Waals surface area contributed by atoms with Gasteiger partial charge in [-0.25, -0.2) is 4.98 Å². The number of aromatic nitrogens is 3. The molecule has 1 aliphatic heterocycles. The highest BCUT2D eigenvalue weighted by Crippen LogP contribution is 2.29. The van der Waals surface area contributed by atoms with Gasteiger partial charge in [-0.05, 0) is 49.1 Å². The van der Waals surface area contributed by atoms with E-state index in [0.717, 1.165) is 24.9 Å². The van der Waals surface area contributed by atoms with Crippen molar-refractivity contribution in [2.75, 3.05) is 19.6 Å². The fourth-order valence-electron chi connectivity index (χ4n) is 3.99. The number of hydrogen-bond donors (Lipinski definition) is 0. The average Bonchev–Trinajstić information content (AvgIpc) is 3.06. The Balaban J connectivity index is 1.42. The second-order valence-electron chi connectivity index (χ2n) is 6.92. The molecular formula is C21H26N4. The van der Waals surface area contributed by atoms with E-state index >= 15 is 0 Å². The van der Waals surface area contributed by atoms with Crippen LogP contribution >= 0.6 is 0 Å². The molecule has 3 aromatic rings. The molecule has 0 bridgehead atoms. The first-order valence-electron chi connectivity index (χ1n) is 9.42. The fourth-order valence-corrected chi connectivity index (χ4v) is 3.99. The Labute approximate surface area is 149 Å². The number of imidazole rings is 1. The van der Waals surface area contributed by atoms with Gasteiger partial charge in [0.2, 0.25) is 0 Å². The van der Waals surface area contributed by atoms with E-state index in [1.807, 2.05) is 12.4 Å². The molecule has 0 saturated carbocycles. The molecule has 3 heterocycles. The van der Waals surface area contributed by atoms with Gasteiger partial charge in [-0.3, -0.25) is 4.98 Å². The molecule has 1 fully saturated rings. The zero-order valence-electron chi connectivity index (χ0n) is 14.9. The summed E-state index contributed by atoms with van der Waals surface area (Å²) in [6.07, 6.45) is 8.31. The number of rotatable bonds is 5. The minimum Gasteiger partial charge on any atom is -0.325 e. The quantitative estimate of drug-likeness (QED) is 0.710. The highest BCUT2D eigenvalue weighted by Gasteiger charge is 2.23. The Morgan fingerprint density at radius 3 is 2.56 bits per heavy atom. The first kappa shape index (κ1) is 16.3. The van der Waals surface area contributed by atoms with Gasteiger partial charge in [-0.1, -0.05) is 19.1 Å². The van der Waals surface area contributed by atoms with Gasteiger partial charge in [0.1, 0.15) is 5.82 Å². The van der Waals surface area contributed by atoms with E-state index in [4.69, 9.17) is 4.98 Å². The van der Waals surface area contributed by atoms with Gasteiger partial charge >= 0.3 is 0 Å². The number of hydrogen-bond acceptors (Lipinski definition) is 3. The molecule has 2 aromatic heterocycles. The number of nitrogens with zero attached hydrogens (tertiary/aromatic N) is 4. The molecule has 0 N–H and O–H groups in total. The summed E-state index contributed by atoms with van der Waals surface area (Å²) in [4.78, 5) is 11.5. The third-order valence-electron chi connectivity index (χ3n) is 5.37. The van der Waals surface area contributed by atoms with Crippen LogP contribution in [0.15, 0.2) is 48.8 Å². The highest BCUT2D eigenvalue weighted by atomic mass is 15.2. The van der Waals surface area contributed by atoms with Gasteiger partial charge in [-0.2, -0.15) is 0 Å². The predicted octanol–water partition coefficient (Wildman–Crippen LogP) is 3.87. The second kappa shape index (κ2) is 7.36. The second-order valence-corrected chi connectivity index (χ2v) is 6.92. The Kier molecular flexibility index (Phi) is 4.79. The topological polar surface area (TPSA) is 34.0 Å². The lowest BCUT2D eigenvalue weighted by Crippen LogP contribution is -2.36. The standard InChI is InChI=1S/C21H26N4/c1-2-21-23-19-5-3-4-6-20(19)25(21)18-10-15-24(16-11-18)14-9-17-7-12-22-13-8-17/h3-8,12-13,18H,2,9-11,14-16H2,1H3. The minimum atomic E-state index is 0.583. The summed E-state index contributed by atoms with van der Waals surface area (Å²) >= 11 is 0. The van der Waals surface area contributed by atoms with E-state index in [1.54, 1.807) is 0 Å². The van der Waals surface area contributed by atoms with Crippen LogP contribution in [-0.4, -0.2) is 39.1 Å². The summed E-state index contributed by atoms with van der Waals surface area (Å²) in [7, 11) is 0. The van der Waals surface area contributed by atoms with Crippen molar-refractivity contribution in [2.24, 2.45) is 0 Å². The molecule has 130 valence electrons. The molecule has 4 nitrogen and oxygen atoms in total. The van der Waals surface area contributed by atoms with Crippen molar-refractivity contribution in [3.8, 4) is 0 Å². The molecule has 4 heteroatoms. The largest absolute Gasteiger partial charge is 0.325 e. The number of pyridine rings is 1. The van der Waals surface area contributed by atoms with Gasteiger partial charge in [0, 0.05) is 44.5 Å². The van der Waals surface area contributed by atoms with Crippen molar-refractivity contribution >= 4 is 11.0 Å².